The van der Waals surface area contributed by atoms with Crippen LogP contribution in [0.2, 0.25) is 0 Å². The summed E-state index contributed by atoms with van der Waals surface area (Å²) in [7, 11) is 0. The van der Waals surface area contributed by atoms with E-state index in [0.29, 0.717) is 5.25 Å². The quantitative estimate of drug-likeness (QED) is 0.320. The Balaban J connectivity index is 2.98. The van der Waals surface area contributed by atoms with Crippen molar-refractivity contribution in [1.29, 1.82) is 0 Å². The zero-order valence-corrected chi connectivity index (χ0v) is 10.6. The molecule has 92 valence electrons. The first-order valence-corrected chi connectivity index (χ1v) is 6.61. The highest BCUT2D eigenvalue weighted by Gasteiger charge is 2.00. The molecule has 0 saturated heterocycles. The van der Waals surface area contributed by atoms with Gasteiger partial charge in [-0.1, -0.05) is 12.8 Å². The molecule has 0 aromatic heterocycles. The van der Waals surface area contributed by atoms with Gasteiger partial charge in [0, 0.05) is 5.25 Å². The van der Waals surface area contributed by atoms with Crippen molar-refractivity contribution < 1.29 is 0 Å². The molecule has 1 unspecified atom stereocenters. The number of hydrogen-bond donors (Lipinski definition) is 4. The second kappa shape index (κ2) is 12.3. The minimum atomic E-state index is 0.500. The standard InChI is InChI=1S/C11H27N3S/c12-7-4-10-14-9-3-1-2-5-11(15)6-8-13/h11,14-15H,1-10,12-13H2. The molecule has 0 aliphatic heterocycles. The number of nitrogens with one attached hydrogen (secondary N) is 1. The molecule has 0 spiro atoms. The minimum absolute atomic E-state index is 0.500. The van der Waals surface area contributed by atoms with Crippen LogP contribution in [0.1, 0.15) is 38.5 Å². The molecule has 1 atom stereocenters. The Morgan fingerprint density at radius 3 is 2.27 bits per heavy atom. The van der Waals surface area contributed by atoms with E-state index in [1.165, 1.54) is 25.7 Å². The highest BCUT2D eigenvalue weighted by atomic mass is 32.1. The molecule has 0 heterocycles. The van der Waals surface area contributed by atoms with Crippen LogP contribution in [0.5, 0.6) is 0 Å². The minimum Gasteiger partial charge on any atom is -0.330 e. The number of nitrogens with two attached hydrogens (primary N) is 2. The van der Waals surface area contributed by atoms with Gasteiger partial charge in [-0.15, -0.1) is 0 Å². The monoisotopic (exact) mass is 233 g/mol. The van der Waals surface area contributed by atoms with Crippen molar-refractivity contribution in [1.82, 2.24) is 5.32 Å². The Hall–Kier alpha value is 0.230. The normalized spacial score (nSPS) is 13.0. The summed E-state index contributed by atoms with van der Waals surface area (Å²) in [4.78, 5) is 0. The highest BCUT2D eigenvalue weighted by Crippen LogP contribution is 2.10. The molecule has 5 N–H and O–H groups in total. The summed E-state index contributed by atoms with van der Waals surface area (Å²) in [6, 6.07) is 0. The van der Waals surface area contributed by atoms with E-state index >= 15 is 0 Å². The van der Waals surface area contributed by atoms with Crippen LogP contribution in [-0.4, -0.2) is 31.4 Å². The fraction of sp³-hybridized carbons (Fsp3) is 1.00. The fourth-order valence-electron chi connectivity index (χ4n) is 1.50. The van der Waals surface area contributed by atoms with Crippen molar-refractivity contribution in [3.63, 3.8) is 0 Å². The van der Waals surface area contributed by atoms with Gasteiger partial charge >= 0.3 is 0 Å². The third kappa shape index (κ3) is 12.2. The third-order valence-corrected chi connectivity index (χ3v) is 2.96. The lowest BCUT2D eigenvalue weighted by Gasteiger charge is -2.08. The Bertz CT molecular complexity index is 122. The average Bonchev–Trinajstić information content (AvgIpc) is 2.22. The van der Waals surface area contributed by atoms with E-state index < -0.39 is 0 Å². The van der Waals surface area contributed by atoms with E-state index in [2.05, 4.69) is 17.9 Å². The van der Waals surface area contributed by atoms with Gasteiger partial charge in [0.2, 0.25) is 0 Å². The van der Waals surface area contributed by atoms with Gasteiger partial charge in [0.05, 0.1) is 0 Å². The zero-order valence-electron chi connectivity index (χ0n) is 9.75. The molecule has 3 nitrogen and oxygen atoms in total. The molecule has 15 heavy (non-hydrogen) atoms. The van der Waals surface area contributed by atoms with Gasteiger partial charge in [-0.05, 0) is 51.9 Å². The van der Waals surface area contributed by atoms with Crippen molar-refractivity contribution in [2.45, 2.75) is 43.8 Å². The summed E-state index contributed by atoms with van der Waals surface area (Å²) in [5.74, 6) is 0. The molecule has 0 saturated carbocycles. The summed E-state index contributed by atoms with van der Waals surface area (Å²) in [5, 5.41) is 3.88. The van der Waals surface area contributed by atoms with Gasteiger partial charge in [0.15, 0.2) is 0 Å². The molecular weight excluding hydrogens is 206 g/mol. The maximum atomic E-state index is 5.46. The summed E-state index contributed by atoms with van der Waals surface area (Å²) in [6.45, 7) is 3.72. The molecule has 0 aromatic carbocycles. The van der Waals surface area contributed by atoms with Crippen LogP contribution >= 0.6 is 12.6 Å². The van der Waals surface area contributed by atoms with Gasteiger partial charge in [-0.3, -0.25) is 0 Å². The Labute approximate surface area is 99.8 Å². The largest absolute Gasteiger partial charge is 0.330 e. The Kier molecular flexibility index (Phi) is 12.5. The molecule has 0 aliphatic rings. The predicted octanol–water partition coefficient (Wildman–Crippen LogP) is 1.13. The molecule has 0 aliphatic carbocycles. The summed E-state index contributed by atoms with van der Waals surface area (Å²) in [5.41, 5.74) is 10.9. The van der Waals surface area contributed by atoms with Crippen molar-refractivity contribution in [2.24, 2.45) is 11.5 Å². The lowest BCUT2D eigenvalue weighted by molar-refractivity contribution is 0.568. The number of rotatable bonds is 11. The van der Waals surface area contributed by atoms with E-state index in [1.807, 2.05) is 0 Å². The second-order valence-corrected chi connectivity index (χ2v) is 4.70. The van der Waals surface area contributed by atoms with E-state index in [4.69, 9.17) is 11.5 Å². The van der Waals surface area contributed by atoms with E-state index in [-0.39, 0.29) is 0 Å². The van der Waals surface area contributed by atoms with Gasteiger partial charge in [0.25, 0.3) is 0 Å². The molecule has 0 amide bonds. The van der Waals surface area contributed by atoms with Crippen LogP contribution in [0.3, 0.4) is 0 Å². The van der Waals surface area contributed by atoms with E-state index in [9.17, 15) is 0 Å². The van der Waals surface area contributed by atoms with E-state index in [0.717, 1.165) is 39.0 Å². The smallest absolute Gasteiger partial charge is 0.00288 e. The first kappa shape index (κ1) is 15.2. The van der Waals surface area contributed by atoms with Gasteiger partial charge in [0.1, 0.15) is 0 Å². The van der Waals surface area contributed by atoms with Crippen molar-refractivity contribution in [2.75, 3.05) is 26.2 Å². The molecule has 0 radical (unpaired) electrons. The summed E-state index contributed by atoms with van der Waals surface area (Å²) < 4.78 is 0. The summed E-state index contributed by atoms with van der Waals surface area (Å²) in [6.07, 6.45) is 7.13. The van der Waals surface area contributed by atoms with Crippen LogP contribution in [0.25, 0.3) is 0 Å². The first-order chi connectivity index (χ1) is 7.31. The fourth-order valence-corrected chi connectivity index (χ4v) is 1.83. The molecule has 0 rings (SSSR count). The third-order valence-electron chi connectivity index (χ3n) is 2.45. The first-order valence-electron chi connectivity index (χ1n) is 6.10. The number of unbranched alkanes of at least 4 members (excludes halogenated alkanes) is 2. The van der Waals surface area contributed by atoms with Crippen LogP contribution < -0.4 is 16.8 Å². The molecule has 0 aromatic rings. The second-order valence-electron chi connectivity index (χ2n) is 3.97. The Morgan fingerprint density at radius 2 is 1.60 bits per heavy atom. The predicted molar refractivity (Wildman–Crippen MR) is 71.5 cm³/mol. The van der Waals surface area contributed by atoms with Crippen molar-refractivity contribution >= 4 is 12.6 Å². The maximum Gasteiger partial charge on any atom is 0.00288 e. The van der Waals surface area contributed by atoms with Crippen molar-refractivity contribution in [3.8, 4) is 0 Å². The van der Waals surface area contributed by atoms with Gasteiger partial charge in [-0.2, -0.15) is 12.6 Å². The highest BCUT2D eigenvalue weighted by molar-refractivity contribution is 7.80. The SMILES string of the molecule is NCCCNCCCCCC(S)CCN. The van der Waals surface area contributed by atoms with Crippen LogP contribution in [0.15, 0.2) is 0 Å². The average molecular weight is 233 g/mol. The van der Waals surface area contributed by atoms with Crippen LogP contribution in [0, 0.1) is 0 Å². The molecular formula is C11H27N3S. The van der Waals surface area contributed by atoms with Crippen molar-refractivity contribution in [3.05, 3.63) is 0 Å². The topological polar surface area (TPSA) is 64.1 Å². The van der Waals surface area contributed by atoms with Gasteiger partial charge in [-0.25, -0.2) is 0 Å². The van der Waals surface area contributed by atoms with Crippen LogP contribution in [-0.2, 0) is 0 Å². The van der Waals surface area contributed by atoms with Gasteiger partial charge < -0.3 is 16.8 Å². The lowest BCUT2D eigenvalue weighted by atomic mass is 10.1. The van der Waals surface area contributed by atoms with Crippen LogP contribution in [0.4, 0.5) is 0 Å². The molecule has 0 fully saturated rings. The Morgan fingerprint density at radius 1 is 0.867 bits per heavy atom. The zero-order chi connectivity index (χ0) is 11.4. The molecule has 4 heteroatoms. The number of thiol groups is 1. The molecule has 0 bridgehead atoms. The maximum absolute atomic E-state index is 5.46. The van der Waals surface area contributed by atoms with E-state index in [1.54, 1.807) is 0 Å². The number of hydrogen-bond acceptors (Lipinski definition) is 4. The summed E-state index contributed by atoms with van der Waals surface area (Å²) >= 11 is 4.47. The lowest BCUT2D eigenvalue weighted by Crippen LogP contribution is -2.19.